The summed E-state index contributed by atoms with van der Waals surface area (Å²) < 4.78 is 5.54. The first kappa shape index (κ1) is 22.7. The lowest BCUT2D eigenvalue weighted by Crippen LogP contribution is -2.52. The van der Waals surface area contributed by atoms with Gasteiger partial charge < -0.3 is 15.0 Å². The lowest BCUT2D eigenvalue weighted by atomic mass is 9.71. The maximum atomic E-state index is 12.5. The van der Waals surface area contributed by atoms with Crippen LogP contribution in [0.1, 0.15) is 70.5 Å². The van der Waals surface area contributed by atoms with Crippen molar-refractivity contribution in [3.8, 4) is 0 Å². The second-order valence-electron chi connectivity index (χ2n) is 10.9. The zero-order chi connectivity index (χ0) is 23.9. The van der Waals surface area contributed by atoms with Crippen molar-refractivity contribution in [1.29, 1.82) is 0 Å². The van der Waals surface area contributed by atoms with Gasteiger partial charge in [-0.3, -0.25) is 4.99 Å². The van der Waals surface area contributed by atoms with Gasteiger partial charge in [-0.15, -0.1) is 0 Å². The van der Waals surface area contributed by atoms with Gasteiger partial charge in [0.25, 0.3) is 0 Å². The molecule has 1 aromatic carbocycles. The Balaban J connectivity index is 1.40. The topological polar surface area (TPSA) is 53.9 Å². The highest BCUT2D eigenvalue weighted by Crippen LogP contribution is 2.44. The largest absolute Gasteiger partial charge is 0.444 e. The van der Waals surface area contributed by atoms with Crippen LogP contribution in [0, 0.1) is 5.92 Å². The van der Waals surface area contributed by atoms with Crippen LogP contribution in [-0.4, -0.2) is 28.5 Å². The highest BCUT2D eigenvalue weighted by Gasteiger charge is 2.43. The van der Waals surface area contributed by atoms with E-state index in [2.05, 4.69) is 84.1 Å². The molecule has 5 nitrogen and oxygen atoms in total. The van der Waals surface area contributed by atoms with E-state index in [1.807, 2.05) is 20.8 Å². The number of nitrogens with zero attached hydrogens (tertiary/aromatic N) is 2. The maximum Gasteiger partial charge on any atom is 0.408 e. The highest BCUT2D eigenvalue weighted by atomic mass is 16.6. The number of rotatable bonds is 4. The number of alkyl carbamates (subject to hydrolysis) is 1. The lowest BCUT2D eigenvalue weighted by molar-refractivity contribution is 0.0377. The predicted molar refractivity (Wildman–Crippen MR) is 136 cm³/mol. The van der Waals surface area contributed by atoms with Crippen LogP contribution in [0.5, 0.6) is 0 Å². The van der Waals surface area contributed by atoms with Gasteiger partial charge in [0.05, 0.1) is 17.6 Å². The molecule has 34 heavy (non-hydrogen) atoms. The number of nitrogens with one attached hydrogen (secondary N) is 1. The van der Waals surface area contributed by atoms with Crippen molar-refractivity contribution in [2.45, 2.75) is 76.6 Å². The van der Waals surface area contributed by atoms with E-state index >= 15 is 0 Å². The molecule has 2 aliphatic heterocycles. The minimum Gasteiger partial charge on any atom is -0.444 e. The molecule has 0 bridgehead atoms. The fourth-order valence-electron chi connectivity index (χ4n) is 5.42. The second kappa shape index (κ2) is 8.61. The molecule has 0 radical (unpaired) electrons. The molecule has 1 amide bonds. The number of amidine groups is 1. The van der Waals surface area contributed by atoms with Gasteiger partial charge in [-0.25, -0.2) is 4.79 Å². The third kappa shape index (κ3) is 4.36. The molecule has 2 heterocycles. The summed E-state index contributed by atoms with van der Waals surface area (Å²) in [5.74, 6) is 1.44. The van der Waals surface area contributed by atoms with Crippen LogP contribution in [0.25, 0.3) is 0 Å². The van der Waals surface area contributed by atoms with Crippen LogP contribution in [0.15, 0.2) is 77.5 Å². The van der Waals surface area contributed by atoms with Crippen LogP contribution in [-0.2, 0) is 10.3 Å². The number of aliphatic imine (C=N–C) groups is 1. The first-order valence-corrected chi connectivity index (χ1v) is 12.4. The molecule has 2 aliphatic carbocycles. The molecular weight excluding hydrogens is 422 g/mol. The third-order valence-electron chi connectivity index (χ3n) is 7.22. The molecule has 1 saturated carbocycles. The van der Waals surface area contributed by atoms with Gasteiger partial charge in [0.2, 0.25) is 0 Å². The van der Waals surface area contributed by atoms with E-state index in [1.165, 1.54) is 11.1 Å². The summed E-state index contributed by atoms with van der Waals surface area (Å²) in [5.41, 5.74) is 2.76. The van der Waals surface area contributed by atoms with E-state index in [0.717, 1.165) is 37.1 Å². The number of ether oxygens (including phenoxy) is 1. The second-order valence-corrected chi connectivity index (χ2v) is 10.9. The Bertz CT molecular complexity index is 1100. The van der Waals surface area contributed by atoms with Crippen molar-refractivity contribution < 1.29 is 9.53 Å². The first-order chi connectivity index (χ1) is 16.2. The van der Waals surface area contributed by atoms with Gasteiger partial charge in [0.1, 0.15) is 11.4 Å². The molecule has 3 atom stereocenters. The van der Waals surface area contributed by atoms with E-state index in [4.69, 9.17) is 9.73 Å². The van der Waals surface area contributed by atoms with Crippen LogP contribution in [0.2, 0.25) is 0 Å². The van der Waals surface area contributed by atoms with Crippen molar-refractivity contribution in [3.05, 3.63) is 83.6 Å². The predicted octanol–water partition coefficient (Wildman–Crippen LogP) is 6.32. The fraction of sp³-hybridized carbons (Fsp3) is 0.448. The average Bonchev–Trinajstić information content (AvgIpc) is 3.14. The zero-order valence-corrected chi connectivity index (χ0v) is 20.6. The summed E-state index contributed by atoms with van der Waals surface area (Å²) in [5, 5.41) is 3.17. The van der Waals surface area contributed by atoms with Crippen molar-refractivity contribution in [3.63, 3.8) is 0 Å². The summed E-state index contributed by atoms with van der Waals surface area (Å²) >= 11 is 0. The number of carbonyl (C=O) groups is 1. The number of hydrogen-bond donors (Lipinski definition) is 1. The van der Waals surface area contributed by atoms with Gasteiger partial charge in [-0.2, -0.15) is 0 Å². The Hall–Kier alpha value is -3.08. The Morgan fingerprint density at radius 2 is 1.91 bits per heavy atom. The molecule has 1 fully saturated rings. The van der Waals surface area contributed by atoms with Crippen LogP contribution < -0.4 is 5.32 Å². The molecule has 3 unspecified atom stereocenters. The minimum absolute atomic E-state index is 0.0631. The quantitative estimate of drug-likeness (QED) is 0.576. The van der Waals surface area contributed by atoms with E-state index < -0.39 is 5.60 Å². The maximum absolute atomic E-state index is 12.5. The molecular formula is C29H35N3O2. The molecule has 5 heteroatoms. The van der Waals surface area contributed by atoms with Crippen LogP contribution in [0.3, 0.4) is 0 Å². The Labute approximate surface area is 203 Å². The summed E-state index contributed by atoms with van der Waals surface area (Å²) in [7, 11) is 0. The summed E-state index contributed by atoms with van der Waals surface area (Å²) in [6.07, 6.45) is 19.0. The first-order valence-electron chi connectivity index (χ1n) is 12.4. The zero-order valence-electron chi connectivity index (χ0n) is 20.6. The number of carbonyl (C=O) groups excluding carboxylic acids is 1. The van der Waals surface area contributed by atoms with Crippen molar-refractivity contribution in [1.82, 2.24) is 10.2 Å². The molecule has 178 valence electrons. The van der Waals surface area contributed by atoms with Crippen molar-refractivity contribution in [2.24, 2.45) is 10.9 Å². The standard InChI is InChI=1S/C29H35N3O2/c1-20-11-16-24-30-25(26(32(24)19-20)22-9-6-5-7-10-22)21-12-14-23(15-13-21)29(17-8-18-29)31-27(33)34-28(2,3)4/h5-7,9,11-16,19,22,25-26H,8,10,17-18H2,1-4H3,(H,31,33). The van der Waals surface area contributed by atoms with Gasteiger partial charge in [-0.1, -0.05) is 54.6 Å². The molecule has 1 N–H and O–H groups in total. The molecule has 5 rings (SSSR count). The average molecular weight is 458 g/mol. The van der Waals surface area contributed by atoms with Gasteiger partial charge in [-0.05, 0) is 76.2 Å². The van der Waals surface area contributed by atoms with Crippen LogP contribution >= 0.6 is 0 Å². The lowest BCUT2D eigenvalue weighted by Gasteiger charge is -2.43. The Morgan fingerprint density at radius 1 is 1.15 bits per heavy atom. The van der Waals surface area contributed by atoms with Gasteiger partial charge in [0.15, 0.2) is 0 Å². The summed E-state index contributed by atoms with van der Waals surface area (Å²) in [6, 6.07) is 9.07. The van der Waals surface area contributed by atoms with E-state index in [-0.39, 0.29) is 23.7 Å². The normalized spacial score (nSPS) is 26.9. The van der Waals surface area contributed by atoms with Gasteiger partial charge >= 0.3 is 6.09 Å². The fourth-order valence-corrected chi connectivity index (χ4v) is 5.42. The third-order valence-corrected chi connectivity index (χ3v) is 7.22. The number of fused-ring (bicyclic) bond motifs is 1. The number of allylic oxidation sites excluding steroid dienone is 5. The van der Waals surface area contributed by atoms with Crippen LogP contribution in [0.4, 0.5) is 4.79 Å². The van der Waals surface area contributed by atoms with E-state index in [9.17, 15) is 4.79 Å². The number of hydrogen-bond acceptors (Lipinski definition) is 4. The van der Waals surface area contributed by atoms with E-state index in [0.29, 0.717) is 5.92 Å². The molecule has 0 aromatic heterocycles. The molecule has 0 saturated heterocycles. The highest BCUT2D eigenvalue weighted by molar-refractivity contribution is 5.97. The summed E-state index contributed by atoms with van der Waals surface area (Å²) in [4.78, 5) is 20.0. The monoisotopic (exact) mass is 457 g/mol. The van der Waals surface area contributed by atoms with Crippen molar-refractivity contribution >= 4 is 11.9 Å². The SMILES string of the molecule is CC1=CN2C(=NC(c3ccc(C4(NC(=O)OC(C)(C)C)CCC4)cc3)C2C2C=CC=CC2)C=C1. The minimum atomic E-state index is -0.508. The smallest absolute Gasteiger partial charge is 0.408 e. The molecule has 4 aliphatic rings. The Morgan fingerprint density at radius 3 is 2.53 bits per heavy atom. The number of amides is 1. The van der Waals surface area contributed by atoms with Gasteiger partial charge in [0, 0.05) is 12.1 Å². The summed E-state index contributed by atoms with van der Waals surface area (Å²) in [6.45, 7) is 7.82. The number of benzene rings is 1. The van der Waals surface area contributed by atoms with Crippen molar-refractivity contribution in [2.75, 3.05) is 0 Å². The molecule has 0 spiro atoms. The van der Waals surface area contributed by atoms with E-state index in [1.54, 1.807) is 0 Å². The Kier molecular flexibility index (Phi) is 5.75. The molecule has 1 aromatic rings.